The Hall–Kier alpha value is -1.10. The fourth-order valence-electron chi connectivity index (χ4n) is 1.90. The van der Waals surface area contributed by atoms with Crippen molar-refractivity contribution in [1.29, 1.82) is 0 Å². The third-order valence-corrected chi connectivity index (χ3v) is 3.32. The zero-order valence-corrected chi connectivity index (χ0v) is 10.5. The zero-order valence-electron chi connectivity index (χ0n) is 10.5. The second kappa shape index (κ2) is 5.49. The first-order valence-electron chi connectivity index (χ1n) is 6.12. The molecule has 98 valence electrons. The normalized spacial score (nSPS) is 18.8. The Morgan fingerprint density at radius 2 is 2.00 bits per heavy atom. The van der Waals surface area contributed by atoms with E-state index in [-0.39, 0.29) is 18.4 Å². The van der Waals surface area contributed by atoms with E-state index in [1.807, 2.05) is 13.8 Å². The van der Waals surface area contributed by atoms with Gasteiger partial charge in [0.05, 0.1) is 11.3 Å². The molecule has 1 saturated carbocycles. The Bertz CT molecular complexity index is 298. The Morgan fingerprint density at radius 1 is 1.41 bits per heavy atom. The molecule has 0 heterocycles. The van der Waals surface area contributed by atoms with Crippen molar-refractivity contribution >= 4 is 11.9 Å². The van der Waals surface area contributed by atoms with Crippen LogP contribution in [0.1, 0.15) is 33.1 Å². The van der Waals surface area contributed by atoms with Crippen molar-refractivity contribution in [3.05, 3.63) is 0 Å². The van der Waals surface area contributed by atoms with Gasteiger partial charge < -0.3 is 16.2 Å². The number of hydrogen-bond donors (Lipinski definition) is 3. The molecule has 0 radical (unpaired) electrons. The highest BCUT2D eigenvalue weighted by molar-refractivity contribution is 5.82. The van der Waals surface area contributed by atoms with E-state index in [2.05, 4.69) is 5.32 Å². The fourth-order valence-corrected chi connectivity index (χ4v) is 1.90. The van der Waals surface area contributed by atoms with Crippen molar-refractivity contribution in [2.75, 3.05) is 13.1 Å². The molecule has 17 heavy (non-hydrogen) atoms. The van der Waals surface area contributed by atoms with E-state index in [0.29, 0.717) is 25.3 Å². The maximum atomic E-state index is 11.8. The van der Waals surface area contributed by atoms with Gasteiger partial charge in [0.1, 0.15) is 0 Å². The molecule has 1 unspecified atom stereocenters. The minimum absolute atomic E-state index is 0.117. The summed E-state index contributed by atoms with van der Waals surface area (Å²) < 4.78 is 0. The van der Waals surface area contributed by atoms with E-state index in [4.69, 9.17) is 10.8 Å². The highest BCUT2D eigenvalue weighted by Crippen LogP contribution is 2.45. The monoisotopic (exact) mass is 242 g/mol. The van der Waals surface area contributed by atoms with Crippen molar-refractivity contribution in [1.82, 2.24) is 5.32 Å². The van der Waals surface area contributed by atoms with E-state index in [0.717, 1.165) is 6.42 Å². The van der Waals surface area contributed by atoms with Crippen LogP contribution in [0, 0.1) is 17.3 Å². The van der Waals surface area contributed by atoms with Crippen LogP contribution in [0.2, 0.25) is 0 Å². The Labute approximate surface area is 102 Å². The summed E-state index contributed by atoms with van der Waals surface area (Å²) in [5.74, 6) is -0.733. The smallest absolute Gasteiger partial charge is 0.311 e. The van der Waals surface area contributed by atoms with Crippen LogP contribution < -0.4 is 11.1 Å². The molecule has 0 aromatic rings. The quantitative estimate of drug-likeness (QED) is 0.609. The highest BCUT2D eigenvalue weighted by atomic mass is 16.4. The number of hydrogen-bond acceptors (Lipinski definition) is 3. The molecule has 0 aromatic carbocycles. The van der Waals surface area contributed by atoms with Gasteiger partial charge in [0.2, 0.25) is 5.91 Å². The molecular formula is C12H22N2O3. The van der Waals surface area contributed by atoms with E-state index >= 15 is 0 Å². The summed E-state index contributed by atoms with van der Waals surface area (Å²) in [5.41, 5.74) is 4.86. The summed E-state index contributed by atoms with van der Waals surface area (Å²) in [6.45, 7) is 4.62. The average molecular weight is 242 g/mol. The molecule has 1 fully saturated rings. The molecular weight excluding hydrogens is 220 g/mol. The van der Waals surface area contributed by atoms with E-state index in [1.54, 1.807) is 0 Å². The second-order valence-corrected chi connectivity index (χ2v) is 5.37. The van der Waals surface area contributed by atoms with Gasteiger partial charge in [-0.05, 0) is 25.2 Å². The van der Waals surface area contributed by atoms with Crippen LogP contribution in [0.5, 0.6) is 0 Å². The second-order valence-electron chi connectivity index (χ2n) is 5.37. The lowest BCUT2D eigenvalue weighted by molar-refractivity contribution is -0.143. The maximum absolute atomic E-state index is 11.8. The van der Waals surface area contributed by atoms with Crippen LogP contribution in [0.3, 0.4) is 0 Å². The number of carbonyl (C=O) groups is 2. The van der Waals surface area contributed by atoms with Gasteiger partial charge in [0.25, 0.3) is 0 Å². The average Bonchev–Trinajstić information content (AvgIpc) is 3.03. The molecule has 0 aromatic heterocycles. The number of aliphatic carboxylic acids is 1. The molecule has 0 aliphatic heterocycles. The van der Waals surface area contributed by atoms with Crippen molar-refractivity contribution < 1.29 is 14.7 Å². The molecule has 1 amide bonds. The topological polar surface area (TPSA) is 92.4 Å². The molecule has 5 nitrogen and oxygen atoms in total. The summed E-state index contributed by atoms with van der Waals surface area (Å²) in [5, 5.41) is 11.7. The standard InChI is InChI=1S/C12H22N2O3/c1-8(2)5-9(6-13)10(15)14-7-12(3-4-12)11(16)17/h8-9H,3-7,13H2,1-2H3,(H,14,15)(H,16,17). The number of amides is 1. The predicted molar refractivity (Wildman–Crippen MR) is 64.3 cm³/mol. The van der Waals surface area contributed by atoms with Crippen LogP contribution in [0.25, 0.3) is 0 Å². The first kappa shape index (κ1) is 14.0. The summed E-state index contributed by atoms with van der Waals surface area (Å²) in [6, 6.07) is 0. The van der Waals surface area contributed by atoms with Crippen LogP contribution in [-0.4, -0.2) is 30.1 Å². The van der Waals surface area contributed by atoms with Gasteiger partial charge in [-0.1, -0.05) is 13.8 Å². The lowest BCUT2D eigenvalue weighted by Gasteiger charge is -2.18. The fraction of sp³-hybridized carbons (Fsp3) is 0.833. The number of carboxylic acid groups (broad SMARTS) is 1. The van der Waals surface area contributed by atoms with Crippen LogP contribution in [-0.2, 0) is 9.59 Å². The van der Waals surface area contributed by atoms with Gasteiger partial charge >= 0.3 is 5.97 Å². The zero-order chi connectivity index (χ0) is 13.1. The third-order valence-electron chi connectivity index (χ3n) is 3.32. The molecule has 5 heteroatoms. The van der Waals surface area contributed by atoms with Gasteiger partial charge in [0, 0.05) is 13.1 Å². The van der Waals surface area contributed by atoms with Crippen LogP contribution >= 0.6 is 0 Å². The summed E-state index contributed by atoms with van der Waals surface area (Å²) in [7, 11) is 0. The summed E-state index contributed by atoms with van der Waals surface area (Å²) in [6.07, 6.45) is 2.04. The molecule has 1 rings (SSSR count). The van der Waals surface area contributed by atoms with E-state index in [1.165, 1.54) is 0 Å². The number of nitrogens with two attached hydrogens (primary N) is 1. The molecule has 1 atom stereocenters. The van der Waals surface area contributed by atoms with Crippen LogP contribution in [0.4, 0.5) is 0 Å². The van der Waals surface area contributed by atoms with E-state index in [9.17, 15) is 9.59 Å². The van der Waals surface area contributed by atoms with Gasteiger partial charge in [-0.3, -0.25) is 9.59 Å². The Kier molecular flexibility index (Phi) is 4.51. The number of nitrogens with one attached hydrogen (secondary N) is 1. The van der Waals surface area contributed by atoms with Crippen LogP contribution in [0.15, 0.2) is 0 Å². The van der Waals surface area contributed by atoms with Gasteiger partial charge in [-0.25, -0.2) is 0 Å². The third kappa shape index (κ3) is 3.70. The molecule has 1 aliphatic rings. The lowest BCUT2D eigenvalue weighted by atomic mass is 9.96. The maximum Gasteiger partial charge on any atom is 0.311 e. The minimum Gasteiger partial charge on any atom is -0.481 e. The summed E-state index contributed by atoms with van der Waals surface area (Å²) >= 11 is 0. The molecule has 1 aliphatic carbocycles. The van der Waals surface area contributed by atoms with Crippen molar-refractivity contribution in [2.45, 2.75) is 33.1 Å². The van der Waals surface area contributed by atoms with Crippen molar-refractivity contribution in [2.24, 2.45) is 23.0 Å². The lowest BCUT2D eigenvalue weighted by Crippen LogP contribution is -2.40. The number of carboxylic acids is 1. The highest BCUT2D eigenvalue weighted by Gasteiger charge is 2.50. The first-order valence-corrected chi connectivity index (χ1v) is 6.12. The van der Waals surface area contributed by atoms with Gasteiger partial charge in [-0.2, -0.15) is 0 Å². The van der Waals surface area contributed by atoms with E-state index < -0.39 is 11.4 Å². The predicted octanol–water partition coefficient (Wildman–Crippen LogP) is 0.588. The molecule has 0 spiro atoms. The molecule has 0 saturated heterocycles. The largest absolute Gasteiger partial charge is 0.481 e. The minimum atomic E-state index is -0.814. The number of rotatable bonds is 7. The van der Waals surface area contributed by atoms with Crippen molar-refractivity contribution in [3.63, 3.8) is 0 Å². The molecule has 0 bridgehead atoms. The Morgan fingerprint density at radius 3 is 2.35 bits per heavy atom. The first-order chi connectivity index (χ1) is 7.91. The Balaban J connectivity index is 2.40. The van der Waals surface area contributed by atoms with Gasteiger partial charge in [-0.15, -0.1) is 0 Å². The molecule has 4 N–H and O–H groups in total. The number of carbonyl (C=O) groups excluding carboxylic acids is 1. The summed E-state index contributed by atoms with van der Waals surface area (Å²) in [4.78, 5) is 22.8. The van der Waals surface area contributed by atoms with Gasteiger partial charge in [0.15, 0.2) is 0 Å². The SMILES string of the molecule is CC(C)CC(CN)C(=O)NCC1(C(=O)O)CC1. The van der Waals surface area contributed by atoms with Crippen molar-refractivity contribution in [3.8, 4) is 0 Å².